The zero-order valence-electron chi connectivity index (χ0n) is 12.8. The zero-order chi connectivity index (χ0) is 17.1. The molecule has 8 nitrogen and oxygen atoms in total. The summed E-state index contributed by atoms with van der Waals surface area (Å²) in [6.45, 7) is 0. The van der Waals surface area contributed by atoms with Gasteiger partial charge in [-0.3, -0.25) is 15.1 Å². The van der Waals surface area contributed by atoms with Crippen LogP contribution in [0.5, 0.6) is 0 Å². The number of benzene rings is 1. The molecular formula is C16H11N7OS. The molecule has 0 bridgehead atoms. The molecule has 4 rings (SSSR count). The maximum absolute atomic E-state index is 12.4. The lowest BCUT2D eigenvalue weighted by atomic mass is 10.2. The number of nitrogens with zero attached hydrogens (tertiary/aromatic N) is 6. The molecule has 0 saturated heterocycles. The maximum atomic E-state index is 12.4. The van der Waals surface area contributed by atoms with E-state index in [9.17, 15) is 4.79 Å². The van der Waals surface area contributed by atoms with Gasteiger partial charge in [-0.25, -0.2) is 9.67 Å². The number of hydrogen-bond donors (Lipinski definition) is 1. The first kappa shape index (κ1) is 15.1. The van der Waals surface area contributed by atoms with Crippen LogP contribution in [0.3, 0.4) is 0 Å². The summed E-state index contributed by atoms with van der Waals surface area (Å²) >= 11 is 1.35. The molecule has 0 fully saturated rings. The van der Waals surface area contributed by atoms with Gasteiger partial charge in [-0.2, -0.15) is 0 Å². The second kappa shape index (κ2) is 6.57. The van der Waals surface area contributed by atoms with Crippen LogP contribution in [-0.2, 0) is 0 Å². The van der Waals surface area contributed by atoms with Crippen molar-refractivity contribution < 1.29 is 4.79 Å². The van der Waals surface area contributed by atoms with Crippen molar-refractivity contribution in [3.05, 3.63) is 65.9 Å². The molecule has 3 aromatic heterocycles. The summed E-state index contributed by atoms with van der Waals surface area (Å²) in [6, 6.07) is 12.6. The molecule has 1 amide bonds. The Labute approximate surface area is 146 Å². The summed E-state index contributed by atoms with van der Waals surface area (Å²) in [7, 11) is 0. The summed E-state index contributed by atoms with van der Waals surface area (Å²) in [5.74, 6) is -0.231. The first-order chi connectivity index (χ1) is 12.3. The largest absolute Gasteiger partial charge is 0.298 e. The molecule has 25 heavy (non-hydrogen) atoms. The first-order valence-electron chi connectivity index (χ1n) is 7.31. The van der Waals surface area contributed by atoms with Crippen LogP contribution < -0.4 is 5.32 Å². The second-order valence-electron chi connectivity index (χ2n) is 5.01. The monoisotopic (exact) mass is 349 g/mol. The predicted octanol–water partition coefficient (Wildman–Crippen LogP) is 2.43. The molecule has 1 N–H and O–H groups in total. The number of anilines is 1. The van der Waals surface area contributed by atoms with Crippen molar-refractivity contribution in [2.75, 3.05) is 5.32 Å². The Morgan fingerprint density at radius 2 is 1.96 bits per heavy atom. The molecule has 4 aromatic rings. The summed E-state index contributed by atoms with van der Waals surface area (Å²) in [4.78, 5) is 21.0. The lowest BCUT2D eigenvalue weighted by Crippen LogP contribution is -2.11. The smallest absolute Gasteiger partial charge is 0.257 e. The van der Waals surface area contributed by atoms with Crippen LogP contribution in [0.25, 0.3) is 17.1 Å². The molecule has 0 radical (unpaired) electrons. The van der Waals surface area contributed by atoms with Gasteiger partial charge in [0.1, 0.15) is 12.0 Å². The highest BCUT2D eigenvalue weighted by molar-refractivity contribution is 7.14. The van der Waals surface area contributed by atoms with E-state index in [0.29, 0.717) is 10.7 Å². The highest BCUT2D eigenvalue weighted by atomic mass is 32.1. The van der Waals surface area contributed by atoms with Gasteiger partial charge in [0.05, 0.1) is 11.4 Å². The van der Waals surface area contributed by atoms with Crippen molar-refractivity contribution in [3.63, 3.8) is 0 Å². The van der Waals surface area contributed by atoms with Gasteiger partial charge in [-0.15, -0.1) is 16.4 Å². The van der Waals surface area contributed by atoms with Crippen LogP contribution in [0, 0.1) is 0 Å². The van der Waals surface area contributed by atoms with E-state index >= 15 is 0 Å². The Bertz CT molecular complexity index is 981. The second-order valence-corrected chi connectivity index (χ2v) is 5.87. The van der Waals surface area contributed by atoms with Gasteiger partial charge in [-0.05, 0) is 46.8 Å². The SMILES string of the molecule is O=C(Nc1nc(-c2ccccn2)cs1)c1ccc(-n2cnnn2)cc1. The Balaban J connectivity index is 1.48. The van der Waals surface area contributed by atoms with Gasteiger partial charge >= 0.3 is 0 Å². The van der Waals surface area contributed by atoms with E-state index in [2.05, 4.69) is 30.8 Å². The molecule has 1 aromatic carbocycles. The van der Waals surface area contributed by atoms with Crippen molar-refractivity contribution >= 4 is 22.4 Å². The number of carbonyl (C=O) groups is 1. The standard InChI is InChI=1S/C16H11N7OS/c24-15(11-4-6-12(7-5-11)23-10-18-21-22-23)20-16-19-14(9-25-16)13-3-1-2-8-17-13/h1-10H,(H,19,20,24). The van der Waals surface area contributed by atoms with Gasteiger partial charge in [0, 0.05) is 17.1 Å². The van der Waals surface area contributed by atoms with Gasteiger partial charge in [0.25, 0.3) is 5.91 Å². The van der Waals surface area contributed by atoms with Gasteiger partial charge in [0.2, 0.25) is 0 Å². The summed E-state index contributed by atoms with van der Waals surface area (Å²) in [5, 5.41) is 16.1. The number of carbonyl (C=O) groups excluding carboxylic acids is 1. The zero-order valence-corrected chi connectivity index (χ0v) is 13.6. The molecule has 9 heteroatoms. The van der Waals surface area contributed by atoms with Crippen molar-refractivity contribution in [1.29, 1.82) is 0 Å². The van der Waals surface area contributed by atoms with Crippen LogP contribution in [0.15, 0.2) is 60.4 Å². The number of nitrogens with one attached hydrogen (secondary N) is 1. The van der Waals surface area contributed by atoms with Gasteiger partial charge in [0.15, 0.2) is 5.13 Å². The highest BCUT2D eigenvalue weighted by Gasteiger charge is 2.11. The summed E-state index contributed by atoms with van der Waals surface area (Å²) in [6.07, 6.45) is 3.20. The van der Waals surface area contributed by atoms with Crippen molar-refractivity contribution in [2.24, 2.45) is 0 Å². The van der Waals surface area contributed by atoms with Crippen LogP contribution in [-0.4, -0.2) is 36.1 Å². The van der Waals surface area contributed by atoms with E-state index in [0.717, 1.165) is 17.1 Å². The van der Waals surface area contributed by atoms with Gasteiger partial charge in [-0.1, -0.05) is 6.07 Å². The van der Waals surface area contributed by atoms with E-state index in [1.54, 1.807) is 30.5 Å². The molecule has 0 atom stereocenters. The lowest BCUT2D eigenvalue weighted by molar-refractivity contribution is 0.102. The molecule has 0 aliphatic heterocycles. The van der Waals surface area contributed by atoms with Crippen molar-refractivity contribution in [1.82, 2.24) is 30.2 Å². The minimum Gasteiger partial charge on any atom is -0.298 e. The topological polar surface area (TPSA) is 98.5 Å². The molecule has 0 aliphatic rings. The molecule has 0 spiro atoms. The van der Waals surface area contributed by atoms with Crippen LogP contribution in [0.1, 0.15) is 10.4 Å². The third-order valence-corrected chi connectivity index (χ3v) is 4.15. The highest BCUT2D eigenvalue weighted by Crippen LogP contribution is 2.23. The van der Waals surface area contributed by atoms with E-state index in [-0.39, 0.29) is 5.91 Å². The molecule has 0 aliphatic carbocycles. The number of rotatable bonds is 4. The number of thiazole rings is 1. The van der Waals surface area contributed by atoms with Gasteiger partial charge < -0.3 is 0 Å². The number of aromatic nitrogens is 6. The Hall–Kier alpha value is -3.46. The Kier molecular flexibility index (Phi) is 3.97. The van der Waals surface area contributed by atoms with E-state index < -0.39 is 0 Å². The van der Waals surface area contributed by atoms with E-state index in [4.69, 9.17) is 0 Å². The summed E-state index contributed by atoms with van der Waals surface area (Å²) < 4.78 is 1.52. The maximum Gasteiger partial charge on any atom is 0.257 e. The molecule has 0 saturated carbocycles. The van der Waals surface area contributed by atoms with Crippen LogP contribution in [0.2, 0.25) is 0 Å². The van der Waals surface area contributed by atoms with Crippen molar-refractivity contribution in [2.45, 2.75) is 0 Å². The van der Waals surface area contributed by atoms with Crippen molar-refractivity contribution in [3.8, 4) is 17.1 Å². The Morgan fingerprint density at radius 1 is 1.08 bits per heavy atom. The fourth-order valence-electron chi connectivity index (χ4n) is 2.18. The van der Waals surface area contributed by atoms with E-state index in [1.165, 1.54) is 22.3 Å². The lowest BCUT2D eigenvalue weighted by Gasteiger charge is -2.03. The van der Waals surface area contributed by atoms with Crippen LogP contribution in [0.4, 0.5) is 5.13 Å². The minimum absolute atomic E-state index is 0.231. The fourth-order valence-corrected chi connectivity index (χ4v) is 2.88. The number of amides is 1. The first-order valence-corrected chi connectivity index (χ1v) is 8.19. The van der Waals surface area contributed by atoms with E-state index in [1.807, 2.05) is 23.6 Å². The minimum atomic E-state index is -0.231. The Morgan fingerprint density at radius 3 is 2.68 bits per heavy atom. The average molecular weight is 349 g/mol. The summed E-state index contributed by atoms with van der Waals surface area (Å²) in [5.41, 5.74) is 2.79. The number of hydrogen-bond acceptors (Lipinski definition) is 7. The molecule has 0 unspecified atom stereocenters. The quantitative estimate of drug-likeness (QED) is 0.607. The normalized spacial score (nSPS) is 10.6. The van der Waals surface area contributed by atoms with Crippen LogP contribution >= 0.6 is 11.3 Å². The number of pyridine rings is 1. The average Bonchev–Trinajstić information content (AvgIpc) is 3.35. The molecular weight excluding hydrogens is 338 g/mol. The predicted molar refractivity (Wildman–Crippen MR) is 92.5 cm³/mol. The number of tetrazole rings is 1. The molecule has 3 heterocycles. The third-order valence-electron chi connectivity index (χ3n) is 3.40. The third kappa shape index (κ3) is 3.26. The fraction of sp³-hybridized carbons (Fsp3) is 0. The molecule has 122 valence electrons.